The fraction of sp³-hybridized carbons (Fsp3) is 0.612. The molecule has 2 saturated heterocycles. The van der Waals surface area contributed by atoms with Gasteiger partial charge < -0.3 is 38.8 Å². The number of H-pyrrole nitrogens is 1. The Bertz CT molecular complexity index is 2310. The van der Waals surface area contributed by atoms with Crippen LogP contribution in [-0.4, -0.2) is 123 Å². The van der Waals surface area contributed by atoms with Crippen LogP contribution in [0.5, 0.6) is 5.75 Å². The molecule has 2 aliphatic carbocycles. The first kappa shape index (κ1) is 40.7. The lowest BCUT2D eigenvalue weighted by molar-refractivity contribution is -0.228. The lowest BCUT2D eigenvalue weighted by Gasteiger charge is -2.63. The van der Waals surface area contributed by atoms with E-state index >= 15 is 4.79 Å². The molecular weight excluding hydrogens is 773 g/mol. The summed E-state index contributed by atoms with van der Waals surface area (Å²) in [6.07, 6.45) is 11.1. The summed E-state index contributed by atoms with van der Waals surface area (Å²) in [5.74, 6) is 0.0561. The van der Waals surface area contributed by atoms with Crippen molar-refractivity contribution in [2.24, 2.45) is 23.2 Å². The van der Waals surface area contributed by atoms with E-state index in [9.17, 15) is 14.7 Å². The second-order valence-corrected chi connectivity index (χ2v) is 19.4. The molecule has 6 heterocycles. The number of nitrogens with zero attached hydrogens (tertiary/aromatic N) is 3. The number of methoxy groups -OCH3 is 3. The molecule has 0 radical (unpaired) electrons. The quantitative estimate of drug-likeness (QED) is 0.181. The highest BCUT2D eigenvalue weighted by Crippen LogP contribution is 2.68. The normalized spacial score (nSPS) is 37.4. The number of carbonyl (C=O) groups excluding carboxylic acids is 3. The first-order valence-corrected chi connectivity index (χ1v) is 22.7. The number of esters is 3. The minimum atomic E-state index is -2.27. The van der Waals surface area contributed by atoms with Crippen molar-refractivity contribution in [3.05, 3.63) is 70.9 Å². The van der Waals surface area contributed by atoms with Crippen molar-refractivity contribution in [3.8, 4) is 5.75 Å². The molecule has 2 bridgehead atoms. The number of carbonyl (C=O) groups is 3. The van der Waals surface area contributed by atoms with Gasteiger partial charge in [-0.1, -0.05) is 50.1 Å². The summed E-state index contributed by atoms with van der Waals surface area (Å²) in [4.78, 5) is 54.1. The minimum Gasteiger partial charge on any atom is -0.496 e. The van der Waals surface area contributed by atoms with Crippen molar-refractivity contribution in [2.75, 3.05) is 66.0 Å². The van der Waals surface area contributed by atoms with E-state index in [2.05, 4.69) is 51.2 Å². The summed E-state index contributed by atoms with van der Waals surface area (Å²) >= 11 is 0. The number of ether oxygens (including phenoxy) is 4. The standard InChI is InChI=1S/C49H62N4O8/c1-7-46-19-13-22-53-23-20-47(41(46)53)35-24-36(39(58-4)25-38(35)51(3)42(47)49(57,45(56)60-6)43(46)61-29(2)54)48(44(55)59-5)26-31-28-52(27-30-14-8-9-15-32(30)31)21-12-17-34-33-16-10-11-18-37(33)50-40(34)48/h10-11,13,16,18-19,24-25,30-32,41-43,50,57H,7-9,12,14-15,17,20-23,26-28H2,1-6H3/t30-,31+,32-,41+,42-,43-,46-,47-,48+,49+/m1/s1. The first-order chi connectivity index (χ1) is 29.4. The van der Waals surface area contributed by atoms with Crippen molar-refractivity contribution in [2.45, 2.75) is 106 Å². The SMILES string of the molecule is CC[C@]12C=CCN3CC[C@@]4(c5cc([C@@]6(C(=O)OC)C[C@H]7CN(CCCc8c6[nH]c6ccccc86)C[C@H]6CCCC[C@H]67)c(OC)cc5N(C)[C@H]4[C@@](O)(C(=O)OC)[C@@H]1OC(C)=O)[C@@H]32. The number of likely N-dealkylation sites (N-methyl/N-ethyl adjacent to an activating group) is 1. The van der Waals surface area contributed by atoms with Gasteiger partial charge in [-0.05, 0) is 99.0 Å². The van der Waals surface area contributed by atoms with Crippen molar-refractivity contribution >= 4 is 34.5 Å². The molecule has 3 aromatic rings. The van der Waals surface area contributed by atoms with Crippen LogP contribution in [0.3, 0.4) is 0 Å². The Hall–Kier alpha value is -4.39. The van der Waals surface area contributed by atoms with Crippen LogP contribution in [0.1, 0.15) is 87.6 Å². The molecule has 2 N–H and O–H groups in total. The van der Waals surface area contributed by atoms with Crippen molar-refractivity contribution in [1.82, 2.24) is 14.8 Å². The number of piperidine rings is 1. The highest BCUT2D eigenvalue weighted by molar-refractivity contribution is 5.95. The Labute approximate surface area is 358 Å². The van der Waals surface area contributed by atoms with E-state index in [-0.39, 0.29) is 17.9 Å². The van der Waals surface area contributed by atoms with Crippen molar-refractivity contribution in [1.29, 1.82) is 0 Å². The predicted octanol–water partition coefficient (Wildman–Crippen LogP) is 5.66. The molecule has 5 aliphatic heterocycles. The highest BCUT2D eigenvalue weighted by atomic mass is 16.6. The first-order valence-electron chi connectivity index (χ1n) is 22.7. The zero-order valence-corrected chi connectivity index (χ0v) is 36.6. The van der Waals surface area contributed by atoms with Crippen LogP contribution in [0.15, 0.2) is 48.6 Å². The predicted molar refractivity (Wildman–Crippen MR) is 231 cm³/mol. The Morgan fingerprint density at radius 3 is 2.46 bits per heavy atom. The van der Waals surface area contributed by atoms with Crippen LogP contribution in [0.4, 0.5) is 5.69 Å². The average molecular weight is 835 g/mol. The van der Waals surface area contributed by atoms with Gasteiger partial charge in [0.25, 0.3) is 0 Å². The number of nitrogens with one attached hydrogen (secondary N) is 1. The van der Waals surface area contributed by atoms with Crippen LogP contribution in [0.2, 0.25) is 0 Å². The van der Waals surface area contributed by atoms with E-state index in [1.165, 1.54) is 40.4 Å². The molecule has 1 aromatic heterocycles. The summed E-state index contributed by atoms with van der Waals surface area (Å²) in [6, 6.07) is 11.5. The molecule has 11 atom stereocenters. The molecule has 1 spiro atoms. The smallest absolute Gasteiger partial charge is 0.344 e. The van der Waals surface area contributed by atoms with Gasteiger partial charge in [0.2, 0.25) is 5.60 Å². The molecule has 12 heteroatoms. The van der Waals surface area contributed by atoms with E-state index in [1.54, 1.807) is 7.11 Å². The average Bonchev–Trinajstić information content (AvgIpc) is 3.93. The molecule has 4 fully saturated rings. The number of aryl methyl sites for hydroxylation is 1. The zero-order chi connectivity index (χ0) is 42.6. The van der Waals surface area contributed by atoms with Gasteiger partial charge in [-0.25, -0.2) is 4.79 Å². The minimum absolute atomic E-state index is 0.212. The Balaban J connectivity index is 1.28. The Morgan fingerprint density at radius 2 is 1.70 bits per heavy atom. The van der Waals surface area contributed by atoms with E-state index in [4.69, 9.17) is 18.9 Å². The third-order valence-corrected chi connectivity index (χ3v) is 17.0. The van der Waals surface area contributed by atoms with Gasteiger partial charge in [0, 0.05) is 84.4 Å². The molecule has 7 aliphatic rings. The molecule has 326 valence electrons. The fourth-order valence-electron chi connectivity index (χ4n) is 15.0. The second-order valence-electron chi connectivity index (χ2n) is 19.4. The Kier molecular flexibility index (Phi) is 9.73. The number of aromatic nitrogens is 1. The van der Waals surface area contributed by atoms with Crippen LogP contribution in [0, 0.1) is 23.2 Å². The van der Waals surface area contributed by atoms with Gasteiger partial charge in [-0.2, -0.15) is 0 Å². The summed E-state index contributed by atoms with van der Waals surface area (Å²) in [5, 5.41) is 14.5. The third-order valence-electron chi connectivity index (χ3n) is 17.0. The molecule has 10 rings (SSSR count). The molecule has 0 amide bonds. The van der Waals surface area contributed by atoms with Crippen LogP contribution < -0.4 is 9.64 Å². The summed E-state index contributed by atoms with van der Waals surface area (Å²) < 4.78 is 24.3. The van der Waals surface area contributed by atoms with Crippen LogP contribution in [-0.2, 0) is 45.8 Å². The molecule has 1 unspecified atom stereocenters. The van der Waals surface area contributed by atoms with Crippen molar-refractivity contribution < 1.29 is 38.4 Å². The van der Waals surface area contributed by atoms with Gasteiger partial charge in [0.05, 0.1) is 27.4 Å². The number of fused-ring (bicyclic) bond motifs is 8. The maximum Gasteiger partial charge on any atom is 0.344 e. The summed E-state index contributed by atoms with van der Waals surface area (Å²) in [5.41, 5.74) is 0.0712. The molecular formula is C49H62N4O8. The van der Waals surface area contributed by atoms with Gasteiger partial charge >= 0.3 is 17.9 Å². The van der Waals surface area contributed by atoms with Gasteiger partial charge in [-0.3, -0.25) is 14.5 Å². The van der Waals surface area contributed by atoms with Crippen LogP contribution in [0.25, 0.3) is 10.9 Å². The zero-order valence-electron chi connectivity index (χ0n) is 36.6. The third kappa shape index (κ3) is 5.36. The fourth-order valence-corrected chi connectivity index (χ4v) is 15.0. The van der Waals surface area contributed by atoms with Gasteiger partial charge in [0.1, 0.15) is 11.2 Å². The number of hydrogen-bond donors (Lipinski definition) is 2. The number of rotatable bonds is 6. The number of para-hydroxylation sites is 1. The second kappa shape index (κ2) is 14.6. The van der Waals surface area contributed by atoms with Gasteiger partial charge in [0.15, 0.2) is 6.10 Å². The topological polar surface area (TPSA) is 134 Å². The molecule has 2 saturated carbocycles. The number of aliphatic hydroxyl groups is 1. The number of hydrogen-bond acceptors (Lipinski definition) is 11. The maximum absolute atomic E-state index is 15.6. The number of benzene rings is 2. The lowest BCUT2D eigenvalue weighted by Crippen LogP contribution is -2.81. The summed E-state index contributed by atoms with van der Waals surface area (Å²) in [6.45, 7) is 7.79. The maximum atomic E-state index is 15.6. The van der Waals surface area contributed by atoms with E-state index in [0.29, 0.717) is 49.9 Å². The number of aromatic amines is 1. The van der Waals surface area contributed by atoms with Gasteiger partial charge in [-0.15, -0.1) is 0 Å². The largest absolute Gasteiger partial charge is 0.496 e. The highest BCUT2D eigenvalue weighted by Gasteiger charge is 2.80. The van der Waals surface area contributed by atoms with E-state index < -0.39 is 45.9 Å². The molecule has 61 heavy (non-hydrogen) atoms. The van der Waals surface area contributed by atoms with E-state index in [1.807, 2.05) is 31.0 Å². The summed E-state index contributed by atoms with van der Waals surface area (Å²) in [7, 11) is 6.36. The van der Waals surface area contributed by atoms with Crippen LogP contribution >= 0.6 is 0 Å². The lowest BCUT2D eigenvalue weighted by atomic mass is 9.47. The Morgan fingerprint density at radius 1 is 0.934 bits per heavy atom. The van der Waals surface area contributed by atoms with Crippen molar-refractivity contribution in [3.63, 3.8) is 0 Å². The monoisotopic (exact) mass is 834 g/mol. The number of anilines is 1. The van der Waals surface area contributed by atoms with E-state index in [0.717, 1.165) is 77.9 Å². The molecule has 2 aromatic carbocycles. The molecule has 12 nitrogen and oxygen atoms in total.